The molecule has 1 rings (SSSR count). The summed E-state index contributed by atoms with van der Waals surface area (Å²) in [6, 6.07) is 3.28. The van der Waals surface area contributed by atoms with Gasteiger partial charge in [0.05, 0.1) is 22.9 Å². The Morgan fingerprint density at radius 2 is 2.20 bits per heavy atom. The van der Waals surface area contributed by atoms with Gasteiger partial charge in [0.25, 0.3) is 0 Å². The van der Waals surface area contributed by atoms with Crippen LogP contribution in [0.25, 0.3) is 0 Å². The summed E-state index contributed by atoms with van der Waals surface area (Å²) in [6.45, 7) is 2.09. The molecule has 0 unspecified atom stereocenters. The number of nitrogen functional groups attached to an aromatic ring is 1. The number of anilines is 1. The molecule has 0 amide bonds. The zero-order valence-corrected chi connectivity index (χ0v) is 10.7. The standard InChI is InChI=1S/C10H12INO3/c1-3-15-10(13)6-4-7(11)9(14-2)5-8(6)12/h4-5H,3,12H2,1-2H3. The summed E-state index contributed by atoms with van der Waals surface area (Å²) in [5.41, 5.74) is 6.46. The third kappa shape index (κ3) is 2.74. The molecule has 0 fully saturated rings. The van der Waals surface area contributed by atoms with Gasteiger partial charge < -0.3 is 15.2 Å². The first-order valence-corrected chi connectivity index (χ1v) is 5.48. The maximum atomic E-state index is 11.5. The van der Waals surface area contributed by atoms with Crippen LogP contribution >= 0.6 is 22.6 Å². The van der Waals surface area contributed by atoms with Crippen molar-refractivity contribution in [1.82, 2.24) is 0 Å². The third-order valence-electron chi connectivity index (χ3n) is 1.82. The molecule has 0 aromatic heterocycles. The van der Waals surface area contributed by atoms with Crippen molar-refractivity contribution in [3.05, 3.63) is 21.3 Å². The molecule has 82 valence electrons. The van der Waals surface area contributed by atoms with Crippen LogP contribution in [-0.2, 0) is 4.74 Å². The summed E-state index contributed by atoms with van der Waals surface area (Å²) in [4.78, 5) is 11.5. The van der Waals surface area contributed by atoms with E-state index < -0.39 is 5.97 Å². The van der Waals surface area contributed by atoms with Gasteiger partial charge in [0.15, 0.2) is 0 Å². The molecule has 2 N–H and O–H groups in total. The van der Waals surface area contributed by atoms with Gasteiger partial charge in [-0.1, -0.05) is 0 Å². The van der Waals surface area contributed by atoms with Gasteiger partial charge in [0.2, 0.25) is 0 Å². The minimum absolute atomic E-state index is 0.334. The highest BCUT2D eigenvalue weighted by Gasteiger charge is 2.14. The van der Waals surface area contributed by atoms with Crippen molar-refractivity contribution in [3.63, 3.8) is 0 Å². The average Bonchev–Trinajstić information content (AvgIpc) is 2.21. The summed E-state index contributed by atoms with van der Waals surface area (Å²) in [5, 5.41) is 0. The molecule has 0 heterocycles. The maximum absolute atomic E-state index is 11.5. The van der Waals surface area contributed by atoms with Crippen molar-refractivity contribution in [2.45, 2.75) is 6.92 Å². The Kier molecular flexibility index (Phi) is 4.19. The second-order valence-electron chi connectivity index (χ2n) is 2.79. The number of benzene rings is 1. The highest BCUT2D eigenvalue weighted by atomic mass is 127. The normalized spacial score (nSPS) is 9.80. The Bertz CT molecular complexity index is 379. The van der Waals surface area contributed by atoms with Gasteiger partial charge in [-0.05, 0) is 35.6 Å². The largest absolute Gasteiger partial charge is 0.496 e. The van der Waals surface area contributed by atoms with Crippen LogP contribution in [0.15, 0.2) is 12.1 Å². The molecular weight excluding hydrogens is 309 g/mol. The Hall–Kier alpha value is -0.980. The first kappa shape index (κ1) is 12.1. The molecule has 5 heteroatoms. The van der Waals surface area contributed by atoms with E-state index in [2.05, 4.69) is 22.6 Å². The fourth-order valence-corrected chi connectivity index (χ4v) is 1.80. The van der Waals surface area contributed by atoms with Gasteiger partial charge in [0.1, 0.15) is 5.75 Å². The highest BCUT2D eigenvalue weighted by Crippen LogP contribution is 2.27. The molecule has 0 atom stereocenters. The summed E-state index contributed by atoms with van der Waals surface area (Å²) >= 11 is 2.08. The summed E-state index contributed by atoms with van der Waals surface area (Å²) in [5.74, 6) is 0.247. The van der Waals surface area contributed by atoms with E-state index in [0.717, 1.165) is 3.57 Å². The number of hydrogen-bond donors (Lipinski definition) is 1. The molecule has 0 saturated heterocycles. The summed E-state index contributed by atoms with van der Waals surface area (Å²) < 4.78 is 10.8. The highest BCUT2D eigenvalue weighted by molar-refractivity contribution is 14.1. The fourth-order valence-electron chi connectivity index (χ4n) is 1.11. The number of methoxy groups -OCH3 is 1. The van der Waals surface area contributed by atoms with Crippen molar-refractivity contribution in [3.8, 4) is 5.75 Å². The van der Waals surface area contributed by atoms with Crippen molar-refractivity contribution in [2.24, 2.45) is 0 Å². The number of carbonyl (C=O) groups is 1. The molecule has 0 radical (unpaired) electrons. The van der Waals surface area contributed by atoms with E-state index in [-0.39, 0.29) is 0 Å². The average molecular weight is 321 g/mol. The number of carbonyl (C=O) groups excluding carboxylic acids is 1. The Balaban J connectivity index is 3.10. The molecule has 0 aliphatic heterocycles. The van der Waals surface area contributed by atoms with Gasteiger partial charge in [-0.2, -0.15) is 0 Å². The number of rotatable bonds is 3. The Morgan fingerprint density at radius 3 is 2.73 bits per heavy atom. The number of hydrogen-bond acceptors (Lipinski definition) is 4. The molecule has 0 bridgehead atoms. The van der Waals surface area contributed by atoms with Crippen molar-refractivity contribution in [2.75, 3.05) is 19.5 Å². The molecule has 15 heavy (non-hydrogen) atoms. The van der Waals surface area contributed by atoms with Gasteiger partial charge >= 0.3 is 5.97 Å². The van der Waals surface area contributed by atoms with Crippen LogP contribution in [0.4, 0.5) is 5.69 Å². The van der Waals surface area contributed by atoms with Crippen molar-refractivity contribution >= 4 is 34.2 Å². The Labute approximate surface area is 102 Å². The van der Waals surface area contributed by atoms with Crippen LogP contribution in [0.5, 0.6) is 5.75 Å². The number of halogens is 1. The second-order valence-corrected chi connectivity index (χ2v) is 3.96. The van der Waals surface area contributed by atoms with Gasteiger partial charge in [-0.25, -0.2) is 4.79 Å². The van der Waals surface area contributed by atoms with E-state index in [1.807, 2.05) is 0 Å². The van der Waals surface area contributed by atoms with Gasteiger partial charge in [-0.15, -0.1) is 0 Å². The summed E-state index contributed by atoms with van der Waals surface area (Å²) in [6.07, 6.45) is 0. The van der Waals surface area contributed by atoms with E-state index in [0.29, 0.717) is 23.6 Å². The monoisotopic (exact) mass is 321 g/mol. The lowest BCUT2D eigenvalue weighted by Crippen LogP contribution is -2.08. The van der Waals surface area contributed by atoms with Crippen LogP contribution in [0, 0.1) is 3.57 Å². The topological polar surface area (TPSA) is 61.5 Å². The maximum Gasteiger partial charge on any atom is 0.340 e. The Morgan fingerprint density at radius 1 is 1.53 bits per heavy atom. The second kappa shape index (κ2) is 5.20. The van der Waals surface area contributed by atoms with E-state index in [1.54, 1.807) is 26.2 Å². The fraction of sp³-hybridized carbons (Fsp3) is 0.300. The molecule has 0 aliphatic rings. The van der Waals surface area contributed by atoms with Crippen LogP contribution in [0.2, 0.25) is 0 Å². The van der Waals surface area contributed by atoms with E-state index in [1.165, 1.54) is 0 Å². The SMILES string of the molecule is CCOC(=O)c1cc(I)c(OC)cc1N. The number of nitrogens with two attached hydrogens (primary N) is 1. The van der Waals surface area contributed by atoms with E-state index in [9.17, 15) is 4.79 Å². The number of ether oxygens (including phenoxy) is 2. The lowest BCUT2D eigenvalue weighted by Gasteiger charge is -2.09. The van der Waals surface area contributed by atoms with Crippen molar-refractivity contribution in [1.29, 1.82) is 0 Å². The van der Waals surface area contributed by atoms with Gasteiger partial charge in [-0.3, -0.25) is 0 Å². The molecule has 1 aromatic rings. The van der Waals surface area contributed by atoms with Crippen LogP contribution in [0.3, 0.4) is 0 Å². The predicted molar refractivity (Wildman–Crippen MR) is 66.1 cm³/mol. The first-order chi connectivity index (χ1) is 7.10. The molecule has 1 aromatic carbocycles. The molecule has 0 spiro atoms. The van der Waals surface area contributed by atoms with Crippen LogP contribution in [-0.4, -0.2) is 19.7 Å². The quantitative estimate of drug-likeness (QED) is 0.526. The first-order valence-electron chi connectivity index (χ1n) is 4.40. The van der Waals surface area contributed by atoms with E-state index in [4.69, 9.17) is 15.2 Å². The van der Waals surface area contributed by atoms with Gasteiger partial charge in [0, 0.05) is 11.8 Å². The van der Waals surface area contributed by atoms with Crippen LogP contribution in [0.1, 0.15) is 17.3 Å². The molecular formula is C10H12INO3. The molecule has 0 aliphatic carbocycles. The minimum atomic E-state index is -0.407. The minimum Gasteiger partial charge on any atom is -0.496 e. The number of esters is 1. The van der Waals surface area contributed by atoms with Crippen molar-refractivity contribution < 1.29 is 14.3 Å². The third-order valence-corrected chi connectivity index (χ3v) is 2.66. The summed E-state index contributed by atoms with van der Waals surface area (Å²) in [7, 11) is 1.56. The van der Waals surface area contributed by atoms with E-state index >= 15 is 0 Å². The lowest BCUT2D eigenvalue weighted by atomic mass is 10.2. The molecule has 0 saturated carbocycles. The lowest BCUT2D eigenvalue weighted by molar-refractivity contribution is 0.0527. The predicted octanol–water partition coefficient (Wildman–Crippen LogP) is 2.06. The smallest absolute Gasteiger partial charge is 0.340 e. The zero-order valence-electron chi connectivity index (χ0n) is 8.54. The molecule has 4 nitrogen and oxygen atoms in total. The zero-order chi connectivity index (χ0) is 11.4. The van der Waals surface area contributed by atoms with Crippen LogP contribution < -0.4 is 10.5 Å².